The zero-order chi connectivity index (χ0) is 12.4. The Balaban J connectivity index is 2.47. The van der Waals surface area contributed by atoms with Gasteiger partial charge in [0.15, 0.2) is 0 Å². The molecule has 0 aliphatic carbocycles. The third-order valence-corrected chi connectivity index (χ3v) is 2.50. The van der Waals surface area contributed by atoms with Gasteiger partial charge in [-0.15, -0.1) is 0 Å². The Kier molecular flexibility index (Phi) is 2.82. The maximum atomic E-state index is 11.5. The fourth-order valence-corrected chi connectivity index (χ4v) is 1.59. The number of esters is 1. The first-order valence-corrected chi connectivity index (χ1v) is 5.08. The van der Waals surface area contributed by atoms with Crippen molar-refractivity contribution in [1.82, 2.24) is 9.78 Å². The number of aryl methyl sites for hydroxylation is 1. The highest BCUT2D eigenvalue weighted by atomic mass is 16.5. The molecule has 0 aliphatic rings. The van der Waals surface area contributed by atoms with Gasteiger partial charge in [-0.2, -0.15) is 5.10 Å². The van der Waals surface area contributed by atoms with Gasteiger partial charge in [-0.25, -0.2) is 4.79 Å². The first-order valence-electron chi connectivity index (χ1n) is 5.08. The smallest absolute Gasteiger partial charge is 0.339 e. The van der Waals surface area contributed by atoms with Crippen LogP contribution in [0, 0.1) is 0 Å². The number of benzene rings is 1. The molecule has 1 aromatic carbocycles. The van der Waals surface area contributed by atoms with Gasteiger partial charge in [0.1, 0.15) is 0 Å². The number of aromatic nitrogens is 2. The van der Waals surface area contributed by atoms with Crippen LogP contribution in [-0.4, -0.2) is 22.9 Å². The van der Waals surface area contributed by atoms with Crippen molar-refractivity contribution >= 4 is 11.7 Å². The Hall–Kier alpha value is -2.30. The van der Waals surface area contributed by atoms with Gasteiger partial charge in [-0.05, 0) is 17.7 Å². The van der Waals surface area contributed by atoms with Crippen LogP contribution in [0.4, 0.5) is 5.69 Å². The van der Waals surface area contributed by atoms with E-state index in [1.165, 1.54) is 7.11 Å². The van der Waals surface area contributed by atoms with E-state index in [0.29, 0.717) is 11.3 Å². The second kappa shape index (κ2) is 4.29. The Morgan fingerprint density at radius 3 is 2.76 bits per heavy atom. The van der Waals surface area contributed by atoms with Crippen molar-refractivity contribution in [2.75, 3.05) is 12.8 Å². The second-order valence-electron chi connectivity index (χ2n) is 3.70. The second-order valence-corrected chi connectivity index (χ2v) is 3.70. The molecule has 0 amide bonds. The summed E-state index contributed by atoms with van der Waals surface area (Å²) in [6.45, 7) is 0. The number of hydrogen-bond acceptors (Lipinski definition) is 4. The molecule has 5 nitrogen and oxygen atoms in total. The van der Waals surface area contributed by atoms with E-state index >= 15 is 0 Å². The van der Waals surface area contributed by atoms with Crippen LogP contribution < -0.4 is 5.73 Å². The van der Waals surface area contributed by atoms with Gasteiger partial charge in [0.05, 0.1) is 18.9 Å². The van der Waals surface area contributed by atoms with E-state index in [0.717, 1.165) is 11.1 Å². The van der Waals surface area contributed by atoms with Crippen molar-refractivity contribution in [2.45, 2.75) is 0 Å². The van der Waals surface area contributed by atoms with Crippen LogP contribution in [0.2, 0.25) is 0 Å². The molecule has 1 aromatic heterocycles. The number of nitrogens with zero attached hydrogens (tertiary/aromatic N) is 2. The predicted molar refractivity (Wildman–Crippen MR) is 64.4 cm³/mol. The quantitative estimate of drug-likeness (QED) is 0.627. The van der Waals surface area contributed by atoms with Gasteiger partial charge < -0.3 is 10.5 Å². The molecular formula is C12H13N3O2. The SMILES string of the molecule is COC(=O)c1cc(-c2cnn(C)c2)ccc1N. The molecule has 5 heteroatoms. The monoisotopic (exact) mass is 231 g/mol. The minimum atomic E-state index is -0.437. The summed E-state index contributed by atoms with van der Waals surface area (Å²) in [4.78, 5) is 11.5. The lowest BCUT2D eigenvalue weighted by atomic mass is 10.0. The summed E-state index contributed by atoms with van der Waals surface area (Å²) in [5, 5.41) is 4.08. The molecule has 1 heterocycles. The largest absolute Gasteiger partial charge is 0.465 e. The van der Waals surface area contributed by atoms with Crippen LogP contribution in [0.15, 0.2) is 30.6 Å². The van der Waals surface area contributed by atoms with Gasteiger partial charge >= 0.3 is 5.97 Å². The lowest BCUT2D eigenvalue weighted by Crippen LogP contribution is -2.05. The molecular weight excluding hydrogens is 218 g/mol. The molecule has 0 radical (unpaired) electrons. The highest BCUT2D eigenvalue weighted by Crippen LogP contribution is 2.23. The highest BCUT2D eigenvalue weighted by molar-refractivity contribution is 5.96. The molecule has 0 atom stereocenters. The van der Waals surface area contributed by atoms with Crippen LogP contribution in [0.5, 0.6) is 0 Å². The number of anilines is 1. The van der Waals surface area contributed by atoms with Crippen molar-refractivity contribution in [2.24, 2.45) is 7.05 Å². The molecule has 0 spiro atoms. The van der Waals surface area contributed by atoms with Gasteiger partial charge in [-0.1, -0.05) is 6.07 Å². The number of nitrogen functional groups attached to an aromatic ring is 1. The average molecular weight is 231 g/mol. The van der Waals surface area contributed by atoms with E-state index in [9.17, 15) is 4.79 Å². The Morgan fingerprint density at radius 1 is 1.41 bits per heavy atom. The van der Waals surface area contributed by atoms with E-state index in [1.807, 2.05) is 19.3 Å². The lowest BCUT2D eigenvalue weighted by Gasteiger charge is -2.05. The first kappa shape index (κ1) is 11.2. The minimum absolute atomic E-state index is 0.369. The van der Waals surface area contributed by atoms with E-state index in [1.54, 1.807) is 23.0 Å². The zero-order valence-corrected chi connectivity index (χ0v) is 9.68. The topological polar surface area (TPSA) is 70.1 Å². The lowest BCUT2D eigenvalue weighted by molar-refractivity contribution is 0.0602. The van der Waals surface area contributed by atoms with Crippen molar-refractivity contribution in [3.63, 3.8) is 0 Å². The van der Waals surface area contributed by atoms with Crippen LogP contribution in [-0.2, 0) is 11.8 Å². The van der Waals surface area contributed by atoms with Crippen LogP contribution >= 0.6 is 0 Å². The number of methoxy groups -OCH3 is 1. The van der Waals surface area contributed by atoms with Crippen molar-refractivity contribution in [3.8, 4) is 11.1 Å². The fraction of sp³-hybridized carbons (Fsp3) is 0.167. The molecule has 0 saturated carbocycles. The summed E-state index contributed by atoms with van der Waals surface area (Å²) in [5.74, 6) is -0.437. The molecule has 2 N–H and O–H groups in total. The number of hydrogen-bond donors (Lipinski definition) is 1. The summed E-state index contributed by atoms with van der Waals surface area (Å²) >= 11 is 0. The number of rotatable bonds is 2. The normalized spacial score (nSPS) is 10.2. The molecule has 17 heavy (non-hydrogen) atoms. The standard InChI is InChI=1S/C12H13N3O2/c1-15-7-9(6-14-15)8-3-4-11(13)10(5-8)12(16)17-2/h3-7H,13H2,1-2H3. The number of nitrogens with two attached hydrogens (primary N) is 1. The highest BCUT2D eigenvalue weighted by Gasteiger charge is 2.11. The van der Waals surface area contributed by atoms with Crippen molar-refractivity contribution in [3.05, 3.63) is 36.2 Å². The molecule has 0 aliphatic heterocycles. The average Bonchev–Trinajstić information content (AvgIpc) is 2.75. The Bertz CT molecular complexity index is 561. The Labute approximate surface area is 98.8 Å². The van der Waals surface area contributed by atoms with Crippen LogP contribution in [0.1, 0.15) is 10.4 Å². The maximum Gasteiger partial charge on any atom is 0.339 e. The summed E-state index contributed by atoms with van der Waals surface area (Å²) in [6, 6.07) is 5.24. The van der Waals surface area contributed by atoms with Gasteiger partial charge in [-0.3, -0.25) is 4.68 Å². The van der Waals surface area contributed by atoms with Crippen molar-refractivity contribution in [1.29, 1.82) is 0 Å². The molecule has 88 valence electrons. The van der Waals surface area contributed by atoms with E-state index in [-0.39, 0.29) is 0 Å². The molecule has 0 bridgehead atoms. The summed E-state index contributed by atoms with van der Waals surface area (Å²) in [7, 11) is 3.17. The zero-order valence-electron chi connectivity index (χ0n) is 9.68. The first-order chi connectivity index (χ1) is 8.11. The van der Waals surface area contributed by atoms with E-state index in [2.05, 4.69) is 9.84 Å². The van der Waals surface area contributed by atoms with E-state index < -0.39 is 5.97 Å². The molecule has 0 fully saturated rings. The molecule has 2 aromatic rings. The maximum absolute atomic E-state index is 11.5. The van der Waals surface area contributed by atoms with Crippen molar-refractivity contribution < 1.29 is 9.53 Å². The number of carbonyl (C=O) groups excluding carboxylic acids is 1. The molecule has 0 saturated heterocycles. The van der Waals surface area contributed by atoms with E-state index in [4.69, 9.17) is 5.73 Å². The van der Waals surface area contributed by atoms with Crippen LogP contribution in [0.3, 0.4) is 0 Å². The summed E-state index contributed by atoms with van der Waals surface area (Å²) in [6.07, 6.45) is 3.60. The third kappa shape index (κ3) is 2.13. The van der Waals surface area contributed by atoms with Crippen LogP contribution in [0.25, 0.3) is 11.1 Å². The van der Waals surface area contributed by atoms with Gasteiger partial charge in [0.25, 0.3) is 0 Å². The van der Waals surface area contributed by atoms with Gasteiger partial charge in [0.2, 0.25) is 0 Å². The molecule has 0 unspecified atom stereocenters. The van der Waals surface area contributed by atoms with Gasteiger partial charge in [0, 0.05) is 24.5 Å². The predicted octanol–water partition coefficient (Wildman–Crippen LogP) is 1.46. The number of carbonyl (C=O) groups is 1. The summed E-state index contributed by atoms with van der Waals surface area (Å²) in [5.41, 5.74) is 8.31. The summed E-state index contributed by atoms with van der Waals surface area (Å²) < 4.78 is 6.37. The third-order valence-electron chi connectivity index (χ3n) is 2.50. The fourth-order valence-electron chi connectivity index (χ4n) is 1.59. The number of ether oxygens (including phenoxy) is 1. The minimum Gasteiger partial charge on any atom is -0.465 e. The molecule has 2 rings (SSSR count). The Morgan fingerprint density at radius 2 is 2.18 bits per heavy atom.